The van der Waals surface area contributed by atoms with E-state index >= 15 is 0 Å². The van der Waals surface area contributed by atoms with Crippen LogP contribution in [0.5, 0.6) is 0 Å². The van der Waals surface area contributed by atoms with Crippen molar-refractivity contribution in [2.24, 2.45) is 17.6 Å². The highest BCUT2D eigenvalue weighted by molar-refractivity contribution is 7.16. The van der Waals surface area contributed by atoms with Crippen molar-refractivity contribution < 1.29 is 4.79 Å². The highest BCUT2D eigenvalue weighted by atomic mass is 35.5. The summed E-state index contributed by atoms with van der Waals surface area (Å²) in [5.74, 6) is 0.404. The summed E-state index contributed by atoms with van der Waals surface area (Å²) in [6.07, 6.45) is 3.07. The van der Waals surface area contributed by atoms with Gasteiger partial charge in [0.2, 0.25) is 5.91 Å². The van der Waals surface area contributed by atoms with Gasteiger partial charge in [-0.3, -0.25) is 4.79 Å². The van der Waals surface area contributed by atoms with Crippen LogP contribution in [-0.4, -0.2) is 22.4 Å². The number of amides is 1. The summed E-state index contributed by atoms with van der Waals surface area (Å²) in [6.45, 7) is 4.56. The van der Waals surface area contributed by atoms with Crippen LogP contribution in [0, 0.1) is 25.7 Å². The monoisotopic (exact) mass is 372 g/mol. The molecular formula is C15H21ClN4OS2. The molecular weight excluding hydrogens is 352 g/mol. The van der Waals surface area contributed by atoms with E-state index in [1.165, 1.54) is 11.3 Å². The van der Waals surface area contributed by atoms with E-state index in [9.17, 15) is 4.79 Å². The molecule has 1 fully saturated rings. The first kappa shape index (κ1) is 18.3. The van der Waals surface area contributed by atoms with Gasteiger partial charge in [0.25, 0.3) is 0 Å². The van der Waals surface area contributed by atoms with E-state index in [1.54, 1.807) is 11.3 Å². The summed E-state index contributed by atoms with van der Waals surface area (Å²) in [6, 6.07) is 0. The number of nitrogens with one attached hydrogen (secondary N) is 1. The Kier molecular flexibility index (Phi) is 6.13. The van der Waals surface area contributed by atoms with Crippen molar-refractivity contribution in [3.05, 3.63) is 16.1 Å². The van der Waals surface area contributed by atoms with Gasteiger partial charge < -0.3 is 11.1 Å². The van der Waals surface area contributed by atoms with E-state index in [0.29, 0.717) is 17.6 Å². The number of nitrogens with two attached hydrogens (primary N) is 1. The van der Waals surface area contributed by atoms with Crippen LogP contribution in [0.4, 0.5) is 5.13 Å². The normalized spacial score (nSPS) is 20.3. The van der Waals surface area contributed by atoms with Gasteiger partial charge in [0.1, 0.15) is 0 Å². The molecule has 0 radical (unpaired) electrons. The second-order valence-electron chi connectivity index (χ2n) is 5.71. The standard InChI is InChI=1S/C15H20N4OS2.ClH/c1-8-13(22-9(2)17-8)12-7-21-15(18-12)19-14(20)11-5-3-4-10(11)6-16;/h7,10-11H,3-6,16H2,1-2H3,(H,18,19,20);1H/t10-,11-;/m1./s1. The fourth-order valence-electron chi connectivity index (χ4n) is 3.07. The first-order valence-corrected chi connectivity index (χ1v) is 9.19. The SMILES string of the molecule is Cc1nc(C)c(-c2csc(NC(=O)[C@@H]3CCC[C@@H]3CN)n2)s1.Cl. The highest BCUT2D eigenvalue weighted by Gasteiger charge is 2.32. The van der Waals surface area contributed by atoms with Crippen LogP contribution >= 0.6 is 35.1 Å². The van der Waals surface area contributed by atoms with Crippen LogP contribution < -0.4 is 11.1 Å². The van der Waals surface area contributed by atoms with Crippen molar-refractivity contribution in [2.45, 2.75) is 33.1 Å². The molecule has 1 amide bonds. The lowest BCUT2D eigenvalue weighted by Gasteiger charge is -2.16. The van der Waals surface area contributed by atoms with Gasteiger partial charge in [-0.1, -0.05) is 6.42 Å². The number of aromatic nitrogens is 2. The molecule has 2 aromatic rings. The Bertz CT molecular complexity index is 685. The van der Waals surface area contributed by atoms with Crippen molar-refractivity contribution >= 4 is 46.1 Å². The number of rotatable bonds is 4. The first-order chi connectivity index (χ1) is 10.6. The molecule has 1 saturated carbocycles. The van der Waals surface area contributed by atoms with Gasteiger partial charge >= 0.3 is 0 Å². The number of nitrogens with zero attached hydrogens (tertiary/aromatic N) is 2. The molecule has 0 unspecified atom stereocenters. The molecule has 8 heteroatoms. The molecule has 1 aliphatic rings. The summed E-state index contributed by atoms with van der Waals surface area (Å²) >= 11 is 3.10. The van der Waals surface area contributed by atoms with Gasteiger partial charge in [0, 0.05) is 11.3 Å². The van der Waals surface area contributed by atoms with Crippen molar-refractivity contribution in [3.8, 4) is 10.6 Å². The zero-order valence-electron chi connectivity index (χ0n) is 13.2. The maximum atomic E-state index is 12.4. The summed E-state index contributed by atoms with van der Waals surface area (Å²) < 4.78 is 0. The quantitative estimate of drug-likeness (QED) is 0.858. The average Bonchev–Trinajstić information content (AvgIpc) is 3.18. The third-order valence-electron chi connectivity index (χ3n) is 4.17. The molecule has 0 aromatic carbocycles. The Hall–Kier alpha value is -1.02. The molecule has 0 spiro atoms. The molecule has 0 bridgehead atoms. The largest absolute Gasteiger partial charge is 0.330 e. The summed E-state index contributed by atoms with van der Waals surface area (Å²) in [4.78, 5) is 22.4. The lowest BCUT2D eigenvalue weighted by molar-refractivity contribution is -0.120. The number of anilines is 1. The molecule has 126 valence electrons. The molecule has 2 heterocycles. The molecule has 2 aromatic heterocycles. The molecule has 2 atom stereocenters. The third-order valence-corrected chi connectivity index (χ3v) is 6.02. The van der Waals surface area contributed by atoms with E-state index in [2.05, 4.69) is 15.3 Å². The number of carbonyl (C=O) groups excluding carboxylic acids is 1. The predicted octanol–water partition coefficient (Wildman–Crippen LogP) is 3.62. The van der Waals surface area contributed by atoms with E-state index < -0.39 is 0 Å². The zero-order chi connectivity index (χ0) is 15.7. The summed E-state index contributed by atoms with van der Waals surface area (Å²) in [5.41, 5.74) is 7.64. The van der Waals surface area contributed by atoms with E-state index in [1.807, 2.05) is 19.2 Å². The average molecular weight is 373 g/mol. The molecule has 5 nitrogen and oxygen atoms in total. The van der Waals surface area contributed by atoms with Crippen LogP contribution in [0.1, 0.15) is 30.0 Å². The maximum absolute atomic E-state index is 12.4. The maximum Gasteiger partial charge on any atom is 0.229 e. The first-order valence-electron chi connectivity index (χ1n) is 7.49. The number of aryl methyl sites for hydroxylation is 2. The summed E-state index contributed by atoms with van der Waals surface area (Å²) in [7, 11) is 0. The van der Waals surface area contributed by atoms with Gasteiger partial charge in [-0.15, -0.1) is 35.1 Å². The number of hydrogen-bond acceptors (Lipinski definition) is 6. The van der Waals surface area contributed by atoms with Crippen molar-refractivity contribution in [3.63, 3.8) is 0 Å². The van der Waals surface area contributed by atoms with Crippen LogP contribution in [0.3, 0.4) is 0 Å². The highest BCUT2D eigenvalue weighted by Crippen LogP contribution is 2.34. The van der Waals surface area contributed by atoms with Crippen LogP contribution in [0.25, 0.3) is 10.6 Å². The Morgan fingerprint density at radius 1 is 1.39 bits per heavy atom. The van der Waals surface area contributed by atoms with Gasteiger partial charge in [0.15, 0.2) is 5.13 Å². The number of thiazole rings is 2. The smallest absolute Gasteiger partial charge is 0.229 e. The Balaban J connectivity index is 0.00000192. The summed E-state index contributed by atoms with van der Waals surface area (Å²) in [5, 5.41) is 6.63. The molecule has 23 heavy (non-hydrogen) atoms. The number of carbonyl (C=O) groups is 1. The van der Waals surface area contributed by atoms with Crippen LogP contribution in [-0.2, 0) is 4.79 Å². The Morgan fingerprint density at radius 3 is 2.83 bits per heavy atom. The van der Waals surface area contributed by atoms with Crippen LogP contribution in [0.2, 0.25) is 0 Å². The second kappa shape index (κ2) is 7.70. The van der Waals surface area contributed by atoms with Crippen molar-refractivity contribution in [2.75, 3.05) is 11.9 Å². The van der Waals surface area contributed by atoms with Gasteiger partial charge in [-0.25, -0.2) is 9.97 Å². The minimum Gasteiger partial charge on any atom is -0.330 e. The topological polar surface area (TPSA) is 80.9 Å². The molecule has 0 saturated heterocycles. The predicted molar refractivity (Wildman–Crippen MR) is 98.5 cm³/mol. The van der Waals surface area contributed by atoms with Crippen molar-refractivity contribution in [1.29, 1.82) is 0 Å². The minimum atomic E-state index is 0. The Labute approximate surface area is 150 Å². The fourth-order valence-corrected chi connectivity index (χ4v) is 4.73. The van der Waals surface area contributed by atoms with Gasteiger partial charge in [-0.2, -0.15) is 0 Å². The fraction of sp³-hybridized carbons (Fsp3) is 0.533. The second-order valence-corrected chi connectivity index (χ2v) is 7.77. The Morgan fingerprint density at radius 2 is 2.17 bits per heavy atom. The van der Waals surface area contributed by atoms with E-state index in [4.69, 9.17) is 5.73 Å². The molecule has 0 aliphatic heterocycles. The van der Waals surface area contributed by atoms with Crippen LogP contribution in [0.15, 0.2) is 5.38 Å². The molecule has 1 aliphatic carbocycles. The zero-order valence-corrected chi connectivity index (χ0v) is 15.6. The molecule has 3 rings (SSSR count). The van der Waals surface area contributed by atoms with Gasteiger partial charge in [-0.05, 0) is 39.2 Å². The van der Waals surface area contributed by atoms with E-state index in [0.717, 1.165) is 40.5 Å². The number of halogens is 1. The lowest BCUT2D eigenvalue weighted by Crippen LogP contribution is -2.29. The number of hydrogen-bond donors (Lipinski definition) is 2. The van der Waals surface area contributed by atoms with E-state index in [-0.39, 0.29) is 24.2 Å². The lowest BCUT2D eigenvalue weighted by atomic mass is 9.95. The van der Waals surface area contributed by atoms with Gasteiger partial charge in [0.05, 0.1) is 21.3 Å². The third kappa shape index (κ3) is 3.91. The molecule has 3 N–H and O–H groups in total. The minimum absolute atomic E-state index is 0. The van der Waals surface area contributed by atoms with Crippen molar-refractivity contribution in [1.82, 2.24) is 9.97 Å².